The SMILES string of the molecule is CCN1CCC(C(C)NC(C)c2cccs2)CC1. The molecule has 1 aromatic heterocycles. The summed E-state index contributed by atoms with van der Waals surface area (Å²) in [6, 6.07) is 5.49. The van der Waals surface area contributed by atoms with Crippen molar-refractivity contribution in [2.45, 2.75) is 45.7 Å². The highest BCUT2D eigenvalue weighted by molar-refractivity contribution is 7.10. The minimum absolute atomic E-state index is 0.490. The lowest BCUT2D eigenvalue weighted by Gasteiger charge is -2.35. The van der Waals surface area contributed by atoms with Gasteiger partial charge in [-0.1, -0.05) is 13.0 Å². The first kappa shape index (κ1) is 14.0. The summed E-state index contributed by atoms with van der Waals surface area (Å²) in [4.78, 5) is 4.01. The van der Waals surface area contributed by atoms with Crippen molar-refractivity contribution < 1.29 is 0 Å². The van der Waals surface area contributed by atoms with Crippen molar-refractivity contribution in [3.63, 3.8) is 0 Å². The Labute approximate surface area is 115 Å². The van der Waals surface area contributed by atoms with Gasteiger partial charge in [-0.05, 0) is 63.7 Å². The highest BCUT2D eigenvalue weighted by atomic mass is 32.1. The van der Waals surface area contributed by atoms with E-state index in [2.05, 4.69) is 48.5 Å². The molecule has 1 aliphatic rings. The van der Waals surface area contributed by atoms with E-state index in [1.54, 1.807) is 0 Å². The fourth-order valence-electron chi connectivity index (χ4n) is 2.92. The van der Waals surface area contributed by atoms with Crippen molar-refractivity contribution in [3.05, 3.63) is 22.4 Å². The van der Waals surface area contributed by atoms with Gasteiger partial charge < -0.3 is 10.2 Å². The highest BCUT2D eigenvalue weighted by Crippen LogP contribution is 2.24. The van der Waals surface area contributed by atoms with Crippen LogP contribution in [0.1, 0.15) is 44.5 Å². The average Bonchev–Trinajstić information content (AvgIpc) is 2.92. The first-order chi connectivity index (χ1) is 8.70. The second kappa shape index (κ2) is 6.69. The molecule has 0 amide bonds. The number of likely N-dealkylation sites (tertiary alicyclic amines) is 1. The van der Waals surface area contributed by atoms with E-state index >= 15 is 0 Å². The van der Waals surface area contributed by atoms with Gasteiger partial charge >= 0.3 is 0 Å². The molecule has 0 radical (unpaired) electrons. The molecule has 0 aliphatic carbocycles. The van der Waals surface area contributed by atoms with Gasteiger partial charge in [0.1, 0.15) is 0 Å². The number of thiophene rings is 1. The lowest BCUT2D eigenvalue weighted by atomic mass is 9.90. The van der Waals surface area contributed by atoms with Crippen LogP contribution in [0.15, 0.2) is 17.5 Å². The van der Waals surface area contributed by atoms with Gasteiger partial charge in [0.25, 0.3) is 0 Å². The molecule has 18 heavy (non-hydrogen) atoms. The minimum Gasteiger partial charge on any atom is -0.307 e. The summed E-state index contributed by atoms with van der Waals surface area (Å²) >= 11 is 1.85. The van der Waals surface area contributed by atoms with Crippen LogP contribution in [0.3, 0.4) is 0 Å². The van der Waals surface area contributed by atoms with Gasteiger partial charge in [-0.25, -0.2) is 0 Å². The molecule has 102 valence electrons. The van der Waals surface area contributed by atoms with Crippen molar-refractivity contribution >= 4 is 11.3 Å². The van der Waals surface area contributed by atoms with Gasteiger partial charge in [0, 0.05) is 17.0 Å². The van der Waals surface area contributed by atoms with Crippen LogP contribution in [0.25, 0.3) is 0 Å². The molecular weight excluding hydrogens is 240 g/mol. The lowest BCUT2D eigenvalue weighted by molar-refractivity contribution is 0.165. The Bertz CT molecular complexity index is 328. The van der Waals surface area contributed by atoms with Crippen LogP contribution in [0, 0.1) is 5.92 Å². The quantitative estimate of drug-likeness (QED) is 0.877. The molecule has 2 heterocycles. The largest absolute Gasteiger partial charge is 0.307 e. The summed E-state index contributed by atoms with van der Waals surface area (Å²) in [5.41, 5.74) is 0. The van der Waals surface area contributed by atoms with E-state index in [1.165, 1.54) is 37.4 Å². The molecule has 2 nitrogen and oxygen atoms in total. The molecule has 1 fully saturated rings. The van der Waals surface area contributed by atoms with Crippen molar-refractivity contribution in [2.24, 2.45) is 5.92 Å². The summed E-state index contributed by atoms with van der Waals surface area (Å²) in [5, 5.41) is 5.94. The zero-order chi connectivity index (χ0) is 13.0. The van der Waals surface area contributed by atoms with Crippen LogP contribution in [-0.4, -0.2) is 30.6 Å². The van der Waals surface area contributed by atoms with Crippen LogP contribution in [0.4, 0.5) is 0 Å². The highest BCUT2D eigenvalue weighted by Gasteiger charge is 2.24. The third-order valence-corrected chi connectivity index (χ3v) is 5.32. The molecule has 0 saturated carbocycles. The molecule has 2 atom stereocenters. The second-order valence-electron chi connectivity index (χ2n) is 5.46. The van der Waals surface area contributed by atoms with Crippen LogP contribution in [0.5, 0.6) is 0 Å². The van der Waals surface area contributed by atoms with E-state index in [1.807, 2.05) is 11.3 Å². The Morgan fingerprint density at radius 2 is 2.11 bits per heavy atom. The molecular formula is C15H26N2S. The molecule has 0 spiro atoms. The molecule has 2 rings (SSSR count). The van der Waals surface area contributed by atoms with Crippen molar-refractivity contribution in [1.82, 2.24) is 10.2 Å². The third kappa shape index (κ3) is 3.56. The first-order valence-corrected chi connectivity index (χ1v) is 8.10. The van der Waals surface area contributed by atoms with Gasteiger partial charge in [0.05, 0.1) is 0 Å². The maximum Gasteiger partial charge on any atom is 0.0388 e. The third-order valence-electron chi connectivity index (χ3n) is 4.27. The molecule has 1 aliphatic heterocycles. The van der Waals surface area contributed by atoms with Gasteiger partial charge in [-0.2, -0.15) is 0 Å². The number of rotatable bonds is 5. The molecule has 3 heteroatoms. The zero-order valence-electron chi connectivity index (χ0n) is 11.9. The van der Waals surface area contributed by atoms with Crippen molar-refractivity contribution in [3.8, 4) is 0 Å². The first-order valence-electron chi connectivity index (χ1n) is 7.22. The standard InChI is InChI=1S/C15H26N2S/c1-4-17-9-7-14(8-10-17)12(2)16-13(3)15-6-5-11-18-15/h5-6,11-14,16H,4,7-10H2,1-3H3. The van der Waals surface area contributed by atoms with E-state index < -0.39 is 0 Å². The van der Waals surface area contributed by atoms with E-state index in [-0.39, 0.29) is 0 Å². The van der Waals surface area contributed by atoms with E-state index in [4.69, 9.17) is 0 Å². The summed E-state index contributed by atoms with van der Waals surface area (Å²) in [6.07, 6.45) is 2.69. The maximum absolute atomic E-state index is 3.78. The van der Waals surface area contributed by atoms with Gasteiger partial charge in [0.15, 0.2) is 0 Å². The minimum atomic E-state index is 0.490. The average molecular weight is 266 g/mol. The topological polar surface area (TPSA) is 15.3 Å². The fourth-order valence-corrected chi connectivity index (χ4v) is 3.66. The Morgan fingerprint density at radius 3 is 2.67 bits per heavy atom. The summed E-state index contributed by atoms with van der Waals surface area (Å²) in [6.45, 7) is 10.7. The number of nitrogens with one attached hydrogen (secondary N) is 1. The van der Waals surface area contributed by atoms with Gasteiger partial charge in [0.2, 0.25) is 0 Å². The van der Waals surface area contributed by atoms with Gasteiger partial charge in [-0.15, -0.1) is 11.3 Å². The summed E-state index contributed by atoms with van der Waals surface area (Å²) < 4.78 is 0. The summed E-state index contributed by atoms with van der Waals surface area (Å²) in [7, 11) is 0. The number of hydrogen-bond donors (Lipinski definition) is 1. The molecule has 0 aromatic carbocycles. The maximum atomic E-state index is 3.78. The van der Waals surface area contributed by atoms with Crippen LogP contribution in [-0.2, 0) is 0 Å². The Morgan fingerprint density at radius 1 is 1.39 bits per heavy atom. The normalized spacial score (nSPS) is 21.9. The van der Waals surface area contributed by atoms with E-state index in [9.17, 15) is 0 Å². The predicted molar refractivity (Wildman–Crippen MR) is 80.2 cm³/mol. The van der Waals surface area contributed by atoms with Crippen LogP contribution >= 0.6 is 11.3 Å². The molecule has 1 saturated heterocycles. The molecule has 1 aromatic rings. The molecule has 2 unspecified atom stereocenters. The van der Waals surface area contributed by atoms with E-state index in [0.717, 1.165) is 5.92 Å². The lowest BCUT2D eigenvalue weighted by Crippen LogP contribution is -2.42. The Hall–Kier alpha value is -0.380. The van der Waals surface area contributed by atoms with Crippen LogP contribution < -0.4 is 5.32 Å². The number of nitrogens with zero attached hydrogens (tertiary/aromatic N) is 1. The Balaban J connectivity index is 1.80. The number of piperidine rings is 1. The second-order valence-corrected chi connectivity index (χ2v) is 6.44. The molecule has 1 N–H and O–H groups in total. The Kier molecular flexibility index (Phi) is 5.22. The number of hydrogen-bond acceptors (Lipinski definition) is 3. The zero-order valence-corrected chi connectivity index (χ0v) is 12.7. The fraction of sp³-hybridized carbons (Fsp3) is 0.733. The van der Waals surface area contributed by atoms with Crippen molar-refractivity contribution in [2.75, 3.05) is 19.6 Å². The van der Waals surface area contributed by atoms with Crippen molar-refractivity contribution in [1.29, 1.82) is 0 Å². The monoisotopic (exact) mass is 266 g/mol. The van der Waals surface area contributed by atoms with Gasteiger partial charge in [-0.3, -0.25) is 0 Å². The van der Waals surface area contributed by atoms with E-state index in [0.29, 0.717) is 12.1 Å². The van der Waals surface area contributed by atoms with Crippen LogP contribution in [0.2, 0.25) is 0 Å². The smallest absolute Gasteiger partial charge is 0.0388 e. The predicted octanol–water partition coefficient (Wildman–Crippen LogP) is 3.52. The summed E-state index contributed by atoms with van der Waals surface area (Å²) in [5.74, 6) is 0.843. The molecule has 0 bridgehead atoms.